The highest BCUT2D eigenvalue weighted by Crippen LogP contribution is 2.09. The average molecular weight is 192 g/mol. The lowest BCUT2D eigenvalue weighted by Crippen LogP contribution is -2.47. The van der Waals surface area contributed by atoms with Crippen molar-refractivity contribution in [1.29, 1.82) is 0 Å². The van der Waals surface area contributed by atoms with E-state index in [4.69, 9.17) is 0 Å². The fourth-order valence-electron chi connectivity index (χ4n) is 0.922. The van der Waals surface area contributed by atoms with Crippen LogP contribution in [-0.4, -0.2) is 18.5 Å². The molecule has 3 heteroatoms. The minimum absolute atomic E-state index is 0.0359. The van der Waals surface area contributed by atoms with Crippen molar-refractivity contribution in [3.8, 4) is 0 Å². The highest BCUT2D eigenvalue weighted by Gasteiger charge is 2.24. The van der Waals surface area contributed by atoms with Gasteiger partial charge in [-0.1, -0.05) is 18.2 Å². The molecule has 14 heavy (non-hydrogen) atoms. The molecule has 2 N–H and O–H groups in total. The smallest absolute Gasteiger partial charge is 0.244 e. The van der Waals surface area contributed by atoms with E-state index in [9.17, 15) is 4.79 Å². The van der Waals surface area contributed by atoms with Gasteiger partial charge in [-0.2, -0.15) is 0 Å². The van der Waals surface area contributed by atoms with E-state index >= 15 is 0 Å². The number of para-hydroxylation sites is 1. The largest absolute Gasteiger partial charge is 0.325 e. The van der Waals surface area contributed by atoms with Gasteiger partial charge in [0.15, 0.2) is 0 Å². The van der Waals surface area contributed by atoms with Crippen LogP contribution in [0.25, 0.3) is 0 Å². The summed E-state index contributed by atoms with van der Waals surface area (Å²) in [5.41, 5.74) is 0.274. The van der Waals surface area contributed by atoms with Crippen molar-refractivity contribution >= 4 is 11.6 Å². The second-order valence-electron chi connectivity index (χ2n) is 3.70. The van der Waals surface area contributed by atoms with Gasteiger partial charge >= 0.3 is 0 Å². The molecule has 0 bridgehead atoms. The van der Waals surface area contributed by atoms with Crippen LogP contribution in [0.1, 0.15) is 13.8 Å². The van der Waals surface area contributed by atoms with Crippen molar-refractivity contribution in [3.05, 3.63) is 30.3 Å². The van der Waals surface area contributed by atoms with Gasteiger partial charge in [0.25, 0.3) is 0 Å². The Morgan fingerprint density at radius 2 is 1.79 bits per heavy atom. The van der Waals surface area contributed by atoms with Gasteiger partial charge < -0.3 is 10.6 Å². The van der Waals surface area contributed by atoms with E-state index in [1.807, 2.05) is 44.2 Å². The van der Waals surface area contributed by atoms with Crippen LogP contribution in [0.15, 0.2) is 30.3 Å². The van der Waals surface area contributed by atoms with Crippen LogP contribution >= 0.6 is 0 Å². The molecule has 76 valence electrons. The van der Waals surface area contributed by atoms with E-state index in [2.05, 4.69) is 10.6 Å². The molecule has 0 aliphatic rings. The molecule has 0 aromatic heterocycles. The van der Waals surface area contributed by atoms with Gasteiger partial charge in [0, 0.05) is 5.69 Å². The van der Waals surface area contributed by atoms with Crippen LogP contribution in [0.3, 0.4) is 0 Å². The SMILES string of the molecule is CNC(C)(C)C(=O)Nc1ccccc1. The molecule has 0 atom stereocenters. The summed E-state index contributed by atoms with van der Waals surface area (Å²) >= 11 is 0. The van der Waals surface area contributed by atoms with Crippen LogP contribution in [0, 0.1) is 0 Å². The minimum Gasteiger partial charge on any atom is -0.325 e. The number of carbonyl (C=O) groups is 1. The predicted octanol–water partition coefficient (Wildman–Crippen LogP) is 1.62. The Labute approximate surface area is 84.5 Å². The molecule has 0 spiro atoms. The van der Waals surface area contributed by atoms with Crippen LogP contribution in [0.5, 0.6) is 0 Å². The van der Waals surface area contributed by atoms with Gasteiger partial charge in [-0.05, 0) is 33.0 Å². The zero-order valence-corrected chi connectivity index (χ0v) is 8.79. The van der Waals surface area contributed by atoms with Crippen molar-refractivity contribution < 1.29 is 4.79 Å². The average Bonchev–Trinajstić information content (AvgIpc) is 2.19. The molecule has 0 saturated carbocycles. The Morgan fingerprint density at radius 3 is 2.29 bits per heavy atom. The van der Waals surface area contributed by atoms with Gasteiger partial charge in [-0.15, -0.1) is 0 Å². The molecule has 1 amide bonds. The van der Waals surface area contributed by atoms with E-state index in [1.54, 1.807) is 7.05 Å². The molecule has 3 nitrogen and oxygen atoms in total. The van der Waals surface area contributed by atoms with Crippen molar-refractivity contribution in [2.75, 3.05) is 12.4 Å². The molecule has 0 saturated heterocycles. The van der Waals surface area contributed by atoms with Gasteiger partial charge in [-0.25, -0.2) is 0 Å². The molecule has 0 heterocycles. The third kappa shape index (κ3) is 2.57. The first-order chi connectivity index (χ1) is 6.56. The number of anilines is 1. The van der Waals surface area contributed by atoms with Crippen LogP contribution < -0.4 is 10.6 Å². The summed E-state index contributed by atoms with van der Waals surface area (Å²) in [6.45, 7) is 3.68. The molecule has 1 rings (SSSR count). The van der Waals surface area contributed by atoms with E-state index in [0.717, 1.165) is 5.69 Å². The maximum atomic E-state index is 11.7. The highest BCUT2D eigenvalue weighted by atomic mass is 16.2. The Morgan fingerprint density at radius 1 is 1.21 bits per heavy atom. The second kappa shape index (κ2) is 4.24. The summed E-state index contributed by atoms with van der Waals surface area (Å²) in [5.74, 6) is -0.0359. The van der Waals surface area contributed by atoms with E-state index in [0.29, 0.717) is 0 Å². The number of rotatable bonds is 3. The van der Waals surface area contributed by atoms with Gasteiger partial charge in [0.05, 0.1) is 5.54 Å². The number of carbonyl (C=O) groups excluding carboxylic acids is 1. The standard InChI is InChI=1S/C11H16N2O/c1-11(2,12-3)10(14)13-9-7-5-4-6-8-9/h4-8,12H,1-3H3,(H,13,14). The Hall–Kier alpha value is -1.35. The van der Waals surface area contributed by atoms with Crippen molar-refractivity contribution in [3.63, 3.8) is 0 Å². The molecule has 1 aromatic rings. The van der Waals surface area contributed by atoms with E-state index in [1.165, 1.54) is 0 Å². The topological polar surface area (TPSA) is 41.1 Å². The fourth-order valence-corrected chi connectivity index (χ4v) is 0.922. The third-order valence-corrected chi connectivity index (χ3v) is 2.22. The summed E-state index contributed by atoms with van der Waals surface area (Å²) in [5, 5.41) is 5.78. The Kier molecular flexibility index (Phi) is 3.25. The van der Waals surface area contributed by atoms with Crippen molar-refractivity contribution in [1.82, 2.24) is 5.32 Å². The first kappa shape index (κ1) is 10.7. The monoisotopic (exact) mass is 192 g/mol. The first-order valence-electron chi connectivity index (χ1n) is 4.61. The van der Waals surface area contributed by atoms with Gasteiger partial charge in [0.2, 0.25) is 5.91 Å². The fraction of sp³-hybridized carbons (Fsp3) is 0.364. The highest BCUT2D eigenvalue weighted by molar-refractivity contribution is 5.97. The predicted molar refractivity (Wildman–Crippen MR) is 58.2 cm³/mol. The number of hydrogen-bond acceptors (Lipinski definition) is 2. The van der Waals surface area contributed by atoms with Crippen LogP contribution in [-0.2, 0) is 4.79 Å². The first-order valence-corrected chi connectivity index (χ1v) is 4.61. The normalized spacial score (nSPS) is 11.1. The maximum absolute atomic E-state index is 11.7. The van der Waals surface area contributed by atoms with Crippen molar-refractivity contribution in [2.24, 2.45) is 0 Å². The van der Waals surface area contributed by atoms with E-state index in [-0.39, 0.29) is 5.91 Å². The zero-order valence-electron chi connectivity index (χ0n) is 8.79. The van der Waals surface area contributed by atoms with Crippen LogP contribution in [0.4, 0.5) is 5.69 Å². The number of nitrogens with one attached hydrogen (secondary N) is 2. The number of benzene rings is 1. The lowest BCUT2D eigenvalue weighted by atomic mass is 10.1. The lowest BCUT2D eigenvalue weighted by molar-refractivity contribution is -0.121. The third-order valence-electron chi connectivity index (χ3n) is 2.22. The summed E-state index contributed by atoms with van der Waals surface area (Å²) in [4.78, 5) is 11.7. The Balaban J connectivity index is 2.67. The van der Waals surface area contributed by atoms with E-state index < -0.39 is 5.54 Å². The quantitative estimate of drug-likeness (QED) is 0.764. The Bertz CT molecular complexity index is 306. The minimum atomic E-state index is -0.546. The summed E-state index contributed by atoms with van der Waals surface area (Å²) in [7, 11) is 1.77. The number of amides is 1. The van der Waals surface area contributed by atoms with Crippen molar-refractivity contribution in [2.45, 2.75) is 19.4 Å². The summed E-state index contributed by atoms with van der Waals surface area (Å²) in [6, 6.07) is 9.43. The molecular formula is C11H16N2O. The molecule has 0 aliphatic carbocycles. The molecular weight excluding hydrogens is 176 g/mol. The van der Waals surface area contributed by atoms with Gasteiger partial charge in [0.1, 0.15) is 0 Å². The molecule has 1 aromatic carbocycles. The molecule has 0 radical (unpaired) electrons. The molecule has 0 unspecified atom stereocenters. The lowest BCUT2D eigenvalue weighted by Gasteiger charge is -2.22. The number of hydrogen-bond donors (Lipinski definition) is 2. The summed E-state index contributed by atoms with van der Waals surface area (Å²) < 4.78 is 0. The molecule has 0 aliphatic heterocycles. The maximum Gasteiger partial charge on any atom is 0.244 e. The molecule has 0 fully saturated rings. The zero-order chi connectivity index (χ0) is 10.6. The second-order valence-corrected chi connectivity index (χ2v) is 3.70. The number of likely N-dealkylation sites (N-methyl/N-ethyl adjacent to an activating group) is 1. The summed E-state index contributed by atoms with van der Waals surface area (Å²) in [6.07, 6.45) is 0. The van der Waals surface area contributed by atoms with Gasteiger partial charge in [-0.3, -0.25) is 4.79 Å². The van der Waals surface area contributed by atoms with Crippen LogP contribution in [0.2, 0.25) is 0 Å².